The molecule has 0 saturated heterocycles. The average molecular weight is 283 g/mol. The smallest absolute Gasteiger partial charge is 0.243 e. The van der Waals surface area contributed by atoms with Gasteiger partial charge in [-0.3, -0.25) is 14.6 Å². The van der Waals surface area contributed by atoms with Crippen LogP contribution in [0.5, 0.6) is 0 Å². The maximum absolute atomic E-state index is 11.8. The van der Waals surface area contributed by atoms with E-state index in [9.17, 15) is 9.59 Å². The molecule has 0 spiro atoms. The van der Waals surface area contributed by atoms with Crippen LogP contribution in [0.1, 0.15) is 11.1 Å². The van der Waals surface area contributed by atoms with E-state index in [0.717, 1.165) is 11.1 Å². The number of pyridine rings is 1. The molecule has 1 aromatic heterocycles. The lowest BCUT2D eigenvalue weighted by molar-refractivity contribution is -0.123. The normalized spacial score (nSPS) is 9.95. The molecule has 2 N–H and O–H groups in total. The van der Waals surface area contributed by atoms with Gasteiger partial charge in [-0.05, 0) is 24.1 Å². The van der Waals surface area contributed by atoms with E-state index in [-0.39, 0.29) is 24.8 Å². The van der Waals surface area contributed by atoms with Crippen LogP contribution in [0.3, 0.4) is 0 Å². The lowest BCUT2D eigenvalue weighted by Gasteiger charge is -2.08. The summed E-state index contributed by atoms with van der Waals surface area (Å²) in [5.41, 5.74) is 2.49. The summed E-state index contributed by atoms with van der Waals surface area (Å²) in [5, 5.41) is 5.34. The average Bonchev–Trinajstić information content (AvgIpc) is 2.49. The Balaban J connectivity index is 1.79. The van der Waals surface area contributed by atoms with Crippen molar-refractivity contribution in [2.24, 2.45) is 0 Å². The van der Waals surface area contributed by atoms with Crippen molar-refractivity contribution in [3.63, 3.8) is 0 Å². The van der Waals surface area contributed by atoms with Crippen LogP contribution in [0, 0.1) is 6.92 Å². The summed E-state index contributed by atoms with van der Waals surface area (Å²) in [7, 11) is 0. The minimum Gasteiger partial charge on any atom is -0.347 e. The molecule has 2 aromatic rings. The first kappa shape index (κ1) is 14.7. The Kier molecular flexibility index (Phi) is 5.04. The number of hydrogen-bond donors (Lipinski definition) is 2. The molecule has 2 amide bonds. The van der Waals surface area contributed by atoms with Crippen molar-refractivity contribution in [2.75, 3.05) is 11.9 Å². The molecule has 0 atom stereocenters. The summed E-state index contributed by atoms with van der Waals surface area (Å²) < 4.78 is 0. The minimum atomic E-state index is -0.259. The highest BCUT2D eigenvalue weighted by atomic mass is 16.2. The number of hydrogen-bond acceptors (Lipinski definition) is 3. The van der Waals surface area contributed by atoms with E-state index in [1.54, 1.807) is 18.5 Å². The molecule has 0 bridgehead atoms. The van der Waals surface area contributed by atoms with E-state index in [4.69, 9.17) is 0 Å². The van der Waals surface area contributed by atoms with Gasteiger partial charge in [0.2, 0.25) is 11.8 Å². The van der Waals surface area contributed by atoms with Gasteiger partial charge >= 0.3 is 0 Å². The van der Waals surface area contributed by atoms with Crippen LogP contribution >= 0.6 is 0 Å². The van der Waals surface area contributed by atoms with E-state index in [1.165, 1.54) is 0 Å². The Hall–Kier alpha value is -2.69. The zero-order valence-corrected chi connectivity index (χ0v) is 11.8. The Morgan fingerprint density at radius 3 is 2.57 bits per heavy atom. The Morgan fingerprint density at radius 2 is 1.86 bits per heavy atom. The summed E-state index contributed by atoms with van der Waals surface area (Å²) in [6.07, 6.45) is 3.54. The summed E-state index contributed by atoms with van der Waals surface area (Å²) >= 11 is 0. The van der Waals surface area contributed by atoms with Crippen molar-refractivity contribution in [1.82, 2.24) is 10.3 Å². The van der Waals surface area contributed by atoms with Gasteiger partial charge in [0.05, 0.1) is 13.0 Å². The van der Waals surface area contributed by atoms with Crippen LogP contribution in [0.25, 0.3) is 0 Å². The molecule has 0 aliphatic rings. The van der Waals surface area contributed by atoms with Crippen LogP contribution in [-0.4, -0.2) is 23.3 Å². The second kappa shape index (κ2) is 7.19. The van der Waals surface area contributed by atoms with E-state index >= 15 is 0 Å². The van der Waals surface area contributed by atoms with E-state index < -0.39 is 0 Å². The molecule has 1 heterocycles. The molecule has 0 saturated carbocycles. The molecule has 108 valence electrons. The van der Waals surface area contributed by atoms with Crippen molar-refractivity contribution in [1.29, 1.82) is 0 Å². The van der Waals surface area contributed by atoms with Crippen LogP contribution < -0.4 is 10.6 Å². The van der Waals surface area contributed by atoms with Gasteiger partial charge in [-0.1, -0.05) is 30.3 Å². The molecule has 1 aromatic carbocycles. The van der Waals surface area contributed by atoms with Crippen molar-refractivity contribution in [3.05, 3.63) is 59.9 Å². The monoisotopic (exact) mass is 283 g/mol. The van der Waals surface area contributed by atoms with Crippen molar-refractivity contribution < 1.29 is 9.59 Å². The number of amides is 2. The van der Waals surface area contributed by atoms with Gasteiger partial charge in [0, 0.05) is 18.1 Å². The van der Waals surface area contributed by atoms with E-state index in [2.05, 4.69) is 15.6 Å². The molecule has 0 radical (unpaired) electrons. The molecular weight excluding hydrogens is 266 g/mol. The number of carbonyl (C=O) groups is 2. The van der Waals surface area contributed by atoms with Gasteiger partial charge in [-0.15, -0.1) is 0 Å². The zero-order valence-electron chi connectivity index (χ0n) is 11.8. The van der Waals surface area contributed by atoms with Crippen LogP contribution in [0.2, 0.25) is 0 Å². The standard InChI is InChI=1S/C16H17N3O2/c1-12-10-17-8-7-14(12)19-16(21)11-18-15(20)9-13-5-3-2-4-6-13/h2-8,10H,9,11H2,1H3,(H,18,20)(H,17,19,21). The molecule has 0 aliphatic carbocycles. The summed E-state index contributed by atoms with van der Waals surface area (Å²) in [5.74, 6) is -0.437. The SMILES string of the molecule is Cc1cnccc1NC(=O)CNC(=O)Cc1ccccc1. The quantitative estimate of drug-likeness (QED) is 0.877. The molecular formula is C16H17N3O2. The predicted octanol–water partition coefficient (Wildman–Crippen LogP) is 1.69. The first-order valence-corrected chi connectivity index (χ1v) is 6.66. The zero-order chi connectivity index (χ0) is 15.1. The summed E-state index contributed by atoms with van der Waals surface area (Å²) in [6, 6.07) is 11.1. The number of carbonyl (C=O) groups excluding carboxylic acids is 2. The van der Waals surface area contributed by atoms with Crippen LogP contribution in [-0.2, 0) is 16.0 Å². The molecule has 21 heavy (non-hydrogen) atoms. The van der Waals surface area contributed by atoms with E-state index in [0.29, 0.717) is 5.69 Å². The van der Waals surface area contributed by atoms with Gasteiger partial charge in [0.25, 0.3) is 0 Å². The van der Waals surface area contributed by atoms with Gasteiger partial charge in [0.15, 0.2) is 0 Å². The second-order valence-corrected chi connectivity index (χ2v) is 4.68. The maximum atomic E-state index is 11.8. The summed E-state index contributed by atoms with van der Waals surface area (Å²) in [6.45, 7) is 1.81. The van der Waals surface area contributed by atoms with E-state index in [1.807, 2.05) is 37.3 Å². The lowest BCUT2D eigenvalue weighted by Crippen LogP contribution is -2.33. The van der Waals surface area contributed by atoms with Gasteiger partial charge in [0.1, 0.15) is 0 Å². The van der Waals surface area contributed by atoms with Crippen LogP contribution in [0.15, 0.2) is 48.8 Å². The maximum Gasteiger partial charge on any atom is 0.243 e. The Labute approximate surface area is 123 Å². The van der Waals surface area contributed by atoms with Crippen molar-refractivity contribution in [2.45, 2.75) is 13.3 Å². The molecule has 0 aliphatic heterocycles. The third-order valence-electron chi connectivity index (χ3n) is 2.95. The number of benzene rings is 1. The fraction of sp³-hybridized carbons (Fsp3) is 0.188. The number of nitrogens with zero attached hydrogens (tertiary/aromatic N) is 1. The fourth-order valence-corrected chi connectivity index (χ4v) is 1.83. The molecule has 0 fully saturated rings. The fourth-order valence-electron chi connectivity index (χ4n) is 1.83. The third kappa shape index (κ3) is 4.72. The molecule has 5 nitrogen and oxygen atoms in total. The molecule has 5 heteroatoms. The number of aryl methyl sites for hydroxylation is 1. The summed E-state index contributed by atoms with van der Waals surface area (Å²) in [4.78, 5) is 27.5. The highest BCUT2D eigenvalue weighted by Crippen LogP contribution is 2.10. The highest BCUT2D eigenvalue weighted by Gasteiger charge is 2.07. The predicted molar refractivity (Wildman–Crippen MR) is 80.8 cm³/mol. The van der Waals surface area contributed by atoms with Gasteiger partial charge < -0.3 is 10.6 Å². The van der Waals surface area contributed by atoms with Gasteiger partial charge in [-0.25, -0.2) is 0 Å². The lowest BCUT2D eigenvalue weighted by atomic mass is 10.1. The minimum absolute atomic E-state index is 0.0482. The van der Waals surface area contributed by atoms with Crippen molar-refractivity contribution >= 4 is 17.5 Å². The molecule has 0 unspecified atom stereocenters. The molecule has 2 rings (SSSR count). The highest BCUT2D eigenvalue weighted by molar-refractivity contribution is 5.95. The second-order valence-electron chi connectivity index (χ2n) is 4.68. The van der Waals surface area contributed by atoms with Crippen molar-refractivity contribution in [3.8, 4) is 0 Å². The van der Waals surface area contributed by atoms with Gasteiger partial charge in [-0.2, -0.15) is 0 Å². The first-order valence-electron chi connectivity index (χ1n) is 6.66. The number of rotatable bonds is 5. The number of anilines is 1. The number of aromatic nitrogens is 1. The number of nitrogens with one attached hydrogen (secondary N) is 2. The third-order valence-corrected chi connectivity index (χ3v) is 2.95. The Morgan fingerprint density at radius 1 is 1.10 bits per heavy atom. The Bertz CT molecular complexity index is 626. The topological polar surface area (TPSA) is 71.1 Å². The van der Waals surface area contributed by atoms with Crippen LogP contribution in [0.4, 0.5) is 5.69 Å². The largest absolute Gasteiger partial charge is 0.347 e. The first-order chi connectivity index (χ1) is 10.1.